The molecule has 0 aliphatic heterocycles. The Morgan fingerprint density at radius 2 is 2.18 bits per heavy atom. The molecule has 1 aliphatic rings. The van der Waals surface area contributed by atoms with Gasteiger partial charge in [-0.05, 0) is 24.8 Å². The average Bonchev–Trinajstić information content (AvgIpc) is 2.67. The van der Waals surface area contributed by atoms with Crippen LogP contribution in [-0.2, 0) is 6.42 Å². The highest BCUT2D eigenvalue weighted by molar-refractivity contribution is 7.16. The minimum Gasteiger partial charge on any atom is -0.389 e. The van der Waals surface area contributed by atoms with Gasteiger partial charge in [-0.1, -0.05) is 20.8 Å². The van der Waals surface area contributed by atoms with E-state index in [0.717, 1.165) is 23.3 Å². The second-order valence-electron chi connectivity index (χ2n) is 3.86. The Morgan fingerprint density at radius 3 is 2.71 bits per heavy atom. The molecule has 1 aromatic rings. The Bertz CT molecular complexity index is 420. The molecule has 2 unspecified atom stereocenters. The van der Waals surface area contributed by atoms with Crippen LogP contribution in [0, 0.1) is 11.3 Å². The normalized spacial score (nSPS) is 22.1. The van der Waals surface area contributed by atoms with Crippen molar-refractivity contribution in [2.75, 3.05) is 5.73 Å². The van der Waals surface area contributed by atoms with E-state index in [9.17, 15) is 4.39 Å². The van der Waals surface area contributed by atoms with Crippen LogP contribution in [0.2, 0.25) is 0 Å². The third kappa shape index (κ3) is 2.44. The number of nitrogens with two attached hydrogens (primary N) is 1. The molecule has 2 atom stereocenters. The number of rotatable bonds is 1. The highest BCUT2D eigenvalue weighted by Crippen LogP contribution is 2.44. The molecule has 0 fully saturated rings. The second-order valence-corrected chi connectivity index (χ2v) is 5.00. The zero-order valence-electron chi connectivity index (χ0n) is 10.6. The van der Waals surface area contributed by atoms with E-state index < -0.39 is 6.17 Å². The fourth-order valence-corrected chi connectivity index (χ4v) is 3.42. The third-order valence-electron chi connectivity index (χ3n) is 3.06. The number of alkyl halides is 1. The van der Waals surface area contributed by atoms with E-state index >= 15 is 0 Å². The molecule has 0 radical (unpaired) electrons. The Labute approximate surface area is 106 Å². The topological polar surface area (TPSA) is 49.8 Å². The Balaban J connectivity index is 0.000000686. The molecular weight excluding hydrogens is 235 g/mol. The second kappa shape index (κ2) is 6.02. The first kappa shape index (κ1) is 14.0. The fourth-order valence-electron chi connectivity index (χ4n) is 2.31. The van der Waals surface area contributed by atoms with E-state index in [1.165, 1.54) is 11.3 Å². The van der Waals surface area contributed by atoms with Gasteiger partial charge in [0.05, 0.1) is 5.56 Å². The van der Waals surface area contributed by atoms with Gasteiger partial charge in [0.25, 0.3) is 0 Å². The van der Waals surface area contributed by atoms with Crippen LogP contribution in [0.25, 0.3) is 0 Å². The molecule has 0 saturated heterocycles. The van der Waals surface area contributed by atoms with Crippen molar-refractivity contribution in [3.8, 4) is 6.07 Å². The summed E-state index contributed by atoms with van der Waals surface area (Å²) in [5.74, 6) is -0.128. The fraction of sp³-hybridized carbons (Fsp3) is 0.615. The monoisotopic (exact) mass is 254 g/mol. The SMILES string of the molecule is CC.CCC1c2c(sc(N)c2C#N)CCC1F. The zero-order chi connectivity index (χ0) is 13.0. The van der Waals surface area contributed by atoms with E-state index in [1.54, 1.807) is 0 Å². The van der Waals surface area contributed by atoms with Crippen LogP contribution >= 0.6 is 11.3 Å². The minimum atomic E-state index is -0.816. The predicted molar refractivity (Wildman–Crippen MR) is 71.0 cm³/mol. The number of aryl methyl sites for hydroxylation is 1. The first-order chi connectivity index (χ1) is 8.19. The van der Waals surface area contributed by atoms with Crippen molar-refractivity contribution in [1.82, 2.24) is 0 Å². The van der Waals surface area contributed by atoms with Crippen molar-refractivity contribution in [2.45, 2.75) is 52.1 Å². The van der Waals surface area contributed by atoms with Crippen LogP contribution in [0.15, 0.2) is 0 Å². The van der Waals surface area contributed by atoms with E-state index in [0.29, 0.717) is 17.0 Å². The Hall–Kier alpha value is -1.08. The van der Waals surface area contributed by atoms with Gasteiger partial charge in [-0.15, -0.1) is 11.3 Å². The number of fused-ring (bicyclic) bond motifs is 1. The van der Waals surface area contributed by atoms with Gasteiger partial charge in [-0.25, -0.2) is 4.39 Å². The molecule has 2 nitrogen and oxygen atoms in total. The average molecular weight is 254 g/mol. The van der Waals surface area contributed by atoms with Crippen molar-refractivity contribution in [1.29, 1.82) is 5.26 Å². The molecule has 0 amide bonds. The predicted octanol–water partition coefficient (Wildman–Crippen LogP) is 4.01. The largest absolute Gasteiger partial charge is 0.389 e. The molecule has 2 N–H and O–H groups in total. The number of hydrogen-bond acceptors (Lipinski definition) is 3. The molecule has 1 heterocycles. The number of thiophene rings is 1. The van der Waals surface area contributed by atoms with E-state index in [1.807, 2.05) is 20.8 Å². The van der Waals surface area contributed by atoms with E-state index in [2.05, 4.69) is 6.07 Å². The maximum atomic E-state index is 13.7. The summed E-state index contributed by atoms with van der Waals surface area (Å²) in [6.45, 7) is 5.96. The molecule has 0 bridgehead atoms. The molecule has 17 heavy (non-hydrogen) atoms. The molecule has 1 aliphatic carbocycles. The maximum absolute atomic E-state index is 13.7. The highest BCUT2D eigenvalue weighted by atomic mass is 32.1. The molecule has 4 heteroatoms. The van der Waals surface area contributed by atoms with Gasteiger partial charge in [0, 0.05) is 10.8 Å². The zero-order valence-corrected chi connectivity index (χ0v) is 11.4. The summed E-state index contributed by atoms with van der Waals surface area (Å²) >= 11 is 1.45. The van der Waals surface area contributed by atoms with Gasteiger partial charge in [-0.2, -0.15) is 5.26 Å². The lowest BCUT2D eigenvalue weighted by Crippen LogP contribution is -2.20. The van der Waals surface area contributed by atoms with Crippen LogP contribution in [0.4, 0.5) is 9.39 Å². The van der Waals surface area contributed by atoms with Gasteiger partial charge in [0.15, 0.2) is 0 Å². The van der Waals surface area contributed by atoms with Crippen molar-refractivity contribution in [3.63, 3.8) is 0 Å². The maximum Gasteiger partial charge on any atom is 0.107 e. The van der Waals surface area contributed by atoms with Crippen molar-refractivity contribution in [3.05, 3.63) is 16.0 Å². The number of halogens is 1. The number of nitrogens with zero attached hydrogens (tertiary/aromatic N) is 1. The van der Waals surface area contributed by atoms with Crippen LogP contribution in [-0.4, -0.2) is 6.17 Å². The lowest BCUT2D eigenvalue weighted by Gasteiger charge is -2.25. The molecule has 0 spiro atoms. The first-order valence-electron chi connectivity index (χ1n) is 6.14. The number of hydrogen-bond donors (Lipinski definition) is 1. The van der Waals surface area contributed by atoms with Gasteiger partial charge in [0.1, 0.15) is 17.2 Å². The van der Waals surface area contributed by atoms with Crippen molar-refractivity contribution >= 4 is 16.3 Å². The summed E-state index contributed by atoms with van der Waals surface area (Å²) in [5.41, 5.74) is 7.18. The standard InChI is InChI=1S/C11H13FN2S.C2H6/c1-2-6-8(12)3-4-9-10(6)7(5-13)11(14)15-9;1-2/h6,8H,2-4,14H2,1H3;1-2H3. The number of nitrogen functional groups attached to an aromatic ring is 1. The summed E-state index contributed by atoms with van der Waals surface area (Å²) in [5, 5.41) is 9.57. The van der Waals surface area contributed by atoms with Crippen molar-refractivity contribution < 1.29 is 4.39 Å². The molecular formula is C13H19FN2S. The summed E-state index contributed by atoms with van der Waals surface area (Å²) < 4.78 is 13.7. The summed E-state index contributed by atoms with van der Waals surface area (Å²) in [6, 6.07) is 2.11. The summed E-state index contributed by atoms with van der Waals surface area (Å²) in [7, 11) is 0. The first-order valence-corrected chi connectivity index (χ1v) is 6.95. The van der Waals surface area contributed by atoms with E-state index in [4.69, 9.17) is 11.0 Å². The lowest BCUT2D eigenvalue weighted by atomic mass is 9.82. The molecule has 0 saturated carbocycles. The summed E-state index contributed by atoms with van der Waals surface area (Å²) in [4.78, 5) is 1.12. The molecule has 94 valence electrons. The van der Waals surface area contributed by atoms with E-state index in [-0.39, 0.29) is 5.92 Å². The lowest BCUT2D eigenvalue weighted by molar-refractivity contribution is 0.249. The quantitative estimate of drug-likeness (QED) is 0.823. The third-order valence-corrected chi connectivity index (χ3v) is 4.15. The number of nitriles is 1. The summed E-state index contributed by atoms with van der Waals surface area (Å²) in [6.07, 6.45) is 1.21. The Morgan fingerprint density at radius 1 is 1.53 bits per heavy atom. The molecule has 1 aromatic heterocycles. The minimum absolute atomic E-state index is 0.128. The van der Waals surface area contributed by atoms with Crippen molar-refractivity contribution in [2.24, 2.45) is 0 Å². The highest BCUT2D eigenvalue weighted by Gasteiger charge is 2.33. The van der Waals surface area contributed by atoms with Gasteiger partial charge >= 0.3 is 0 Å². The van der Waals surface area contributed by atoms with Gasteiger partial charge < -0.3 is 5.73 Å². The van der Waals surface area contributed by atoms with Crippen LogP contribution in [0.1, 0.15) is 55.5 Å². The molecule has 0 aromatic carbocycles. The molecule has 2 rings (SSSR count). The van der Waals surface area contributed by atoms with Crippen LogP contribution < -0.4 is 5.73 Å². The number of anilines is 1. The van der Waals surface area contributed by atoms with Gasteiger partial charge in [0.2, 0.25) is 0 Å². The van der Waals surface area contributed by atoms with Gasteiger partial charge in [-0.3, -0.25) is 0 Å². The van der Waals surface area contributed by atoms with Crippen LogP contribution in [0.5, 0.6) is 0 Å². The van der Waals surface area contributed by atoms with Crippen LogP contribution in [0.3, 0.4) is 0 Å². The Kier molecular flexibility index (Phi) is 4.95. The smallest absolute Gasteiger partial charge is 0.107 e.